The summed E-state index contributed by atoms with van der Waals surface area (Å²) < 4.78 is 11.3. The van der Waals surface area contributed by atoms with Crippen LogP contribution in [-0.4, -0.2) is 59.1 Å². The van der Waals surface area contributed by atoms with Crippen molar-refractivity contribution in [2.24, 2.45) is 16.6 Å². The van der Waals surface area contributed by atoms with Gasteiger partial charge in [-0.05, 0) is 6.07 Å². The van der Waals surface area contributed by atoms with Gasteiger partial charge in [-0.25, -0.2) is 4.99 Å². The molecular formula is C15H16N2O5. The van der Waals surface area contributed by atoms with Crippen molar-refractivity contribution >= 4 is 11.6 Å². The number of ether oxygens (including phenoxy) is 2. The number of amides is 1. The van der Waals surface area contributed by atoms with Crippen molar-refractivity contribution < 1.29 is 24.5 Å². The lowest BCUT2D eigenvalue weighted by atomic mass is 9.80. The van der Waals surface area contributed by atoms with Gasteiger partial charge in [0.2, 0.25) is 0 Å². The average molecular weight is 304 g/mol. The molecule has 3 aliphatic heterocycles. The SMILES string of the molecule is NC[C@@]12COC(O1)[C@H](C1=NC(=O)c3ccccc31)[C@@H](O)[C@H]2O. The fourth-order valence-corrected chi connectivity index (χ4v) is 3.42. The molecule has 3 heterocycles. The molecule has 1 aromatic rings. The van der Waals surface area contributed by atoms with Crippen LogP contribution < -0.4 is 5.73 Å². The van der Waals surface area contributed by atoms with E-state index in [1.165, 1.54) is 0 Å². The lowest BCUT2D eigenvalue weighted by Crippen LogP contribution is -2.63. The summed E-state index contributed by atoms with van der Waals surface area (Å²) in [4.78, 5) is 16.0. The Bertz CT molecular complexity index is 676. The largest absolute Gasteiger partial charge is 0.389 e. The third kappa shape index (κ3) is 1.68. The summed E-state index contributed by atoms with van der Waals surface area (Å²) in [7, 11) is 0. The summed E-state index contributed by atoms with van der Waals surface area (Å²) in [6.45, 7) is 0.141. The van der Waals surface area contributed by atoms with E-state index >= 15 is 0 Å². The maximum Gasteiger partial charge on any atom is 0.277 e. The molecule has 2 saturated heterocycles. The highest BCUT2D eigenvalue weighted by atomic mass is 16.7. The Labute approximate surface area is 126 Å². The zero-order chi connectivity index (χ0) is 15.5. The number of benzene rings is 1. The van der Waals surface area contributed by atoms with Gasteiger partial charge in [-0.15, -0.1) is 0 Å². The minimum absolute atomic E-state index is 0.0381. The van der Waals surface area contributed by atoms with E-state index in [1.807, 2.05) is 0 Å². The molecule has 2 fully saturated rings. The number of carbonyl (C=O) groups is 1. The Balaban J connectivity index is 1.76. The Morgan fingerprint density at radius 3 is 2.77 bits per heavy atom. The van der Waals surface area contributed by atoms with Crippen molar-refractivity contribution in [3.05, 3.63) is 35.4 Å². The molecule has 4 rings (SSSR count). The quantitative estimate of drug-likeness (QED) is 0.649. The lowest BCUT2D eigenvalue weighted by molar-refractivity contribution is -0.221. The Hall–Kier alpha value is -1.64. The molecule has 0 spiro atoms. The summed E-state index contributed by atoms with van der Waals surface area (Å²) in [6.07, 6.45) is -3.14. The normalized spacial score (nSPS) is 39.8. The van der Waals surface area contributed by atoms with Gasteiger partial charge >= 0.3 is 0 Å². The summed E-state index contributed by atoms with van der Waals surface area (Å²) in [5, 5.41) is 20.9. The first kappa shape index (κ1) is 14.0. The van der Waals surface area contributed by atoms with Crippen LogP contribution in [0.5, 0.6) is 0 Å². The molecule has 1 aromatic carbocycles. The van der Waals surface area contributed by atoms with Crippen LogP contribution in [0.1, 0.15) is 15.9 Å². The van der Waals surface area contributed by atoms with Crippen LogP contribution >= 0.6 is 0 Å². The fourth-order valence-electron chi connectivity index (χ4n) is 3.42. The Morgan fingerprint density at radius 1 is 1.32 bits per heavy atom. The van der Waals surface area contributed by atoms with E-state index in [0.717, 1.165) is 0 Å². The predicted molar refractivity (Wildman–Crippen MR) is 75.4 cm³/mol. The number of fused-ring (bicyclic) bond motifs is 3. The first-order valence-electron chi connectivity index (χ1n) is 7.15. The molecule has 0 aliphatic carbocycles. The molecule has 22 heavy (non-hydrogen) atoms. The minimum atomic E-state index is -1.20. The van der Waals surface area contributed by atoms with Crippen LogP contribution in [-0.2, 0) is 9.47 Å². The van der Waals surface area contributed by atoms with Gasteiger partial charge in [0.1, 0.15) is 11.7 Å². The number of rotatable bonds is 2. The molecule has 1 amide bonds. The second-order valence-electron chi connectivity index (χ2n) is 5.88. The maximum atomic E-state index is 12.0. The molecular weight excluding hydrogens is 288 g/mol. The number of aliphatic hydroxyl groups is 2. The van der Waals surface area contributed by atoms with E-state index in [0.29, 0.717) is 16.8 Å². The highest BCUT2D eigenvalue weighted by Crippen LogP contribution is 2.42. The number of aliphatic hydroxyl groups excluding tert-OH is 2. The number of hydrogen-bond acceptors (Lipinski definition) is 6. The summed E-state index contributed by atoms with van der Waals surface area (Å²) >= 11 is 0. The van der Waals surface area contributed by atoms with Crippen LogP contribution in [0.25, 0.3) is 0 Å². The monoisotopic (exact) mass is 304 g/mol. The van der Waals surface area contributed by atoms with Gasteiger partial charge in [0, 0.05) is 12.1 Å². The van der Waals surface area contributed by atoms with Gasteiger partial charge in [-0.3, -0.25) is 4.79 Å². The van der Waals surface area contributed by atoms with Gasteiger partial charge in [0.05, 0.1) is 29.9 Å². The molecule has 7 heteroatoms. The zero-order valence-corrected chi connectivity index (χ0v) is 11.7. The molecule has 116 valence electrons. The van der Waals surface area contributed by atoms with Crippen molar-refractivity contribution in [1.82, 2.24) is 0 Å². The Kier molecular flexibility index (Phi) is 2.97. The molecule has 0 radical (unpaired) electrons. The minimum Gasteiger partial charge on any atom is -0.389 e. The van der Waals surface area contributed by atoms with E-state index in [4.69, 9.17) is 15.2 Å². The van der Waals surface area contributed by atoms with Crippen LogP contribution in [0.2, 0.25) is 0 Å². The van der Waals surface area contributed by atoms with Crippen LogP contribution in [0, 0.1) is 5.92 Å². The van der Waals surface area contributed by atoms with E-state index in [9.17, 15) is 15.0 Å². The average Bonchev–Trinajstić information content (AvgIpc) is 3.08. The van der Waals surface area contributed by atoms with Gasteiger partial charge in [0.15, 0.2) is 6.29 Å². The summed E-state index contributed by atoms with van der Waals surface area (Å²) in [5.41, 5.74) is 6.09. The second-order valence-corrected chi connectivity index (χ2v) is 5.88. The van der Waals surface area contributed by atoms with Crippen molar-refractivity contribution in [2.45, 2.75) is 24.1 Å². The van der Waals surface area contributed by atoms with E-state index in [2.05, 4.69) is 4.99 Å². The summed E-state index contributed by atoms with van der Waals surface area (Å²) in [5.74, 6) is -1.09. The van der Waals surface area contributed by atoms with E-state index < -0.39 is 30.0 Å². The van der Waals surface area contributed by atoms with E-state index in [1.54, 1.807) is 24.3 Å². The summed E-state index contributed by atoms with van der Waals surface area (Å²) in [6, 6.07) is 6.99. The molecule has 1 unspecified atom stereocenters. The lowest BCUT2D eigenvalue weighted by Gasteiger charge is -2.42. The fraction of sp³-hybridized carbons (Fsp3) is 0.467. The second kappa shape index (κ2) is 4.68. The molecule has 0 aromatic heterocycles. The molecule has 5 atom stereocenters. The standard InChI is InChI=1S/C15H16N2O5/c16-5-15-6-21-14(22-15)9(11(18)12(15)19)10-7-3-1-2-4-8(7)13(20)17-10/h1-4,9,11-12,14,18-19H,5-6,16H2/t9-,11-,12-,14?,15+/m1/s1. The number of aliphatic imine (C=N–C) groups is 1. The van der Waals surface area contributed by atoms with Crippen molar-refractivity contribution in [1.29, 1.82) is 0 Å². The van der Waals surface area contributed by atoms with Gasteiger partial charge in [-0.1, -0.05) is 18.2 Å². The third-order valence-electron chi connectivity index (χ3n) is 4.68. The molecule has 7 nitrogen and oxygen atoms in total. The highest BCUT2D eigenvalue weighted by Gasteiger charge is 2.60. The van der Waals surface area contributed by atoms with E-state index in [-0.39, 0.29) is 19.1 Å². The molecule has 2 bridgehead atoms. The van der Waals surface area contributed by atoms with Crippen molar-refractivity contribution in [2.75, 3.05) is 13.2 Å². The van der Waals surface area contributed by atoms with Crippen LogP contribution in [0.15, 0.2) is 29.3 Å². The molecule has 4 N–H and O–H groups in total. The zero-order valence-electron chi connectivity index (χ0n) is 11.7. The van der Waals surface area contributed by atoms with Gasteiger partial charge in [-0.2, -0.15) is 0 Å². The van der Waals surface area contributed by atoms with Gasteiger partial charge < -0.3 is 25.4 Å². The number of carbonyl (C=O) groups excluding carboxylic acids is 1. The third-order valence-corrected chi connectivity index (χ3v) is 4.68. The first-order valence-corrected chi connectivity index (χ1v) is 7.15. The van der Waals surface area contributed by atoms with Gasteiger partial charge in [0.25, 0.3) is 5.91 Å². The van der Waals surface area contributed by atoms with Crippen molar-refractivity contribution in [3.8, 4) is 0 Å². The smallest absolute Gasteiger partial charge is 0.277 e. The first-order chi connectivity index (χ1) is 10.6. The predicted octanol–water partition coefficient (Wildman–Crippen LogP) is -0.949. The topological polar surface area (TPSA) is 114 Å². The van der Waals surface area contributed by atoms with Crippen LogP contribution in [0.4, 0.5) is 0 Å². The number of nitrogens with two attached hydrogens (primary N) is 1. The maximum absolute atomic E-state index is 12.0. The molecule has 3 aliphatic rings. The molecule has 0 saturated carbocycles. The van der Waals surface area contributed by atoms with Crippen molar-refractivity contribution in [3.63, 3.8) is 0 Å². The Morgan fingerprint density at radius 2 is 2.05 bits per heavy atom. The number of hydrogen-bond donors (Lipinski definition) is 3. The number of nitrogens with zero attached hydrogens (tertiary/aromatic N) is 1. The van der Waals surface area contributed by atoms with Crippen LogP contribution in [0.3, 0.4) is 0 Å². The highest BCUT2D eigenvalue weighted by molar-refractivity contribution is 6.22.